The fraction of sp³-hybridized carbons (Fsp3) is 0.364. The Kier molecular flexibility index (Phi) is 7.44. The van der Waals surface area contributed by atoms with Crippen LogP contribution in [0.25, 0.3) is 0 Å². The summed E-state index contributed by atoms with van der Waals surface area (Å²) in [6.45, 7) is 8.44. The molecular formula is C22H28N2O4. The molecule has 150 valence electrons. The number of rotatable bonds is 8. The van der Waals surface area contributed by atoms with Gasteiger partial charge in [-0.2, -0.15) is 0 Å². The topological polar surface area (TPSA) is 87.7 Å². The van der Waals surface area contributed by atoms with Crippen LogP contribution in [0.3, 0.4) is 0 Å². The standard InChI is InChI=1S/C22H28N2O4/c1-14(2)19-10-5-15(3)13-20(19)28-16(4)21(26)23-11-12-24-22(27)17-6-8-18(25)9-7-17/h5-10,13-14,16,25H,11-12H2,1-4H3,(H,23,26)(H,24,27). The lowest BCUT2D eigenvalue weighted by molar-refractivity contribution is -0.127. The number of phenols is 1. The Labute approximate surface area is 165 Å². The van der Waals surface area contributed by atoms with Crippen LogP contribution in [0, 0.1) is 6.92 Å². The zero-order chi connectivity index (χ0) is 20.7. The number of ether oxygens (including phenoxy) is 1. The zero-order valence-electron chi connectivity index (χ0n) is 16.8. The average molecular weight is 384 g/mol. The van der Waals surface area contributed by atoms with E-state index in [1.165, 1.54) is 24.3 Å². The lowest BCUT2D eigenvalue weighted by Crippen LogP contribution is -2.40. The van der Waals surface area contributed by atoms with Crippen LogP contribution in [0.2, 0.25) is 0 Å². The van der Waals surface area contributed by atoms with Crippen LogP contribution in [0.1, 0.15) is 48.2 Å². The van der Waals surface area contributed by atoms with Gasteiger partial charge in [-0.3, -0.25) is 9.59 Å². The van der Waals surface area contributed by atoms with E-state index in [9.17, 15) is 14.7 Å². The number of hydrogen-bond acceptors (Lipinski definition) is 4. The van der Waals surface area contributed by atoms with Gasteiger partial charge in [-0.15, -0.1) is 0 Å². The molecule has 2 aromatic rings. The first-order valence-corrected chi connectivity index (χ1v) is 9.40. The third-order valence-corrected chi connectivity index (χ3v) is 4.30. The van der Waals surface area contributed by atoms with Crippen molar-refractivity contribution < 1.29 is 19.4 Å². The van der Waals surface area contributed by atoms with Crippen LogP contribution < -0.4 is 15.4 Å². The summed E-state index contributed by atoms with van der Waals surface area (Å²) < 4.78 is 5.89. The first-order valence-electron chi connectivity index (χ1n) is 9.40. The zero-order valence-corrected chi connectivity index (χ0v) is 16.8. The second-order valence-corrected chi connectivity index (χ2v) is 7.05. The molecule has 0 radical (unpaired) electrons. The number of aromatic hydroxyl groups is 1. The minimum absolute atomic E-state index is 0.104. The quantitative estimate of drug-likeness (QED) is 0.610. The van der Waals surface area contributed by atoms with Crippen LogP contribution in [0.5, 0.6) is 11.5 Å². The van der Waals surface area contributed by atoms with Gasteiger partial charge in [0.15, 0.2) is 6.10 Å². The molecule has 0 spiro atoms. The van der Waals surface area contributed by atoms with Crippen molar-refractivity contribution >= 4 is 11.8 Å². The molecule has 0 aliphatic rings. The van der Waals surface area contributed by atoms with Gasteiger partial charge in [0.2, 0.25) is 0 Å². The smallest absolute Gasteiger partial charge is 0.260 e. The van der Waals surface area contributed by atoms with E-state index in [1.807, 2.05) is 25.1 Å². The summed E-state index contributed by atoms with van der Waals surface area (Å²) >= 11 is 0. The van der Waals surface area contributed by atoms with Gasteiger partial charge in [0.1, 0.15) is 11.5 Å². The Balaban J connectivity index is 1.81. The second-order valence-electron chi connectivity index (χ2n) is 7.05. The second kappa shape index (κ2) is 9.78. The van der Waals surface area contributed by atoms with Crippen LogP contribution in [-0.4, -0.2) is 36.1 Å². The average Bonchev–Trinajstić information content (AvgIpc) is 2.65. The highest BCUT2D eigenvalue weighted by Gasteiger charge is 2.17. The number of benzene rings is 2. The minimum atomic E-state index is -0.646. The largest absolute Gasteiger partial charge is 0.508 e. The Morgan fingerprint density at radius 2 is 1.64 bits per heavy atom. The van der Waals surface area contributed by atoms with Crippen LogP contribution in [0.15, 0.2) is 42.5 Å². The molecule has 0 aliphatic heterocycles. The number of nitrogens with one attached hydrogen (secondary N) is 2. The van der Waals surface area contributed by atoms with Gasteiger partial charge < -0.3 is 20.5 Å². The van der Waals surface area contributed by atoms with Crippen molar-refractivity contribution in [2.75, 3.05) is 13.1 Å². The van der Waals surface area contributed by atoms with Crippen molar-refractivity contribution in [2.24, 2.45) is 0 Å². The molecule has 6 nitrogen and oxygen atoms in total. The van der Waals surface area contributed by atoms with Crippen molar-refractivity contribution in [3.8, 4) is 11.5 Å². The highest BCUT2D eigenvalue weighted by molar-refractivity contribution is 5.94. The summed E-state index contributed by atoms with van der Waals surface area (Å²) in [4.78, 5) is 24.3. The van der Waals surface area contributed by atoms with E-state index in [1.54, 1.807) is 6.92 Å². The monoisotopic (exact) mass is 384 g/mol. The predicted molar refractivity (Wildman–Crippen MR) is 109 cm³/mol. The Hall–Kier alpha value is -3.02. The lowest BCUT2D eigenvalue weighted by atomic mass is 10.0. The third-order valence-electron chi connectivity index (χ3n) is 4.30. The first kappa shape index (κ1) is 21.3. The maximum Gasteiger partial charge on any atom is 0.260 e. The number of amides is 2. The molecule has 0 saturated carbocycles. The molecule has 3 N–H and O–H groups in total. The molecule has 2 amide bonds. The molecule has 1 unspecified atom stereocenters. The molecular weight excluding hydrogens is 356 g/mol. The summed E-state index contributed by atoms with van der Waals surface area (Å²) in [6.07, 6.45) is -0.646. The highest BCUT2D eigenvalue weighted by Crippen LogP contribution is 2.28. The van der Waals surface area contributed by atoms with Gasteiger partial charge in [-0.1, -0.05) is 26.0 Å². The van der Waals surface area contributed by atoms with E-state index in [4.69, 9.17) is 4.74 Å². The maximum absolute atomic E-state index is 12.3. The number of phenolic OH excluding ortho intramolecular Hbond substituents is 1. The lowest BCUT2D eigenvalue weighted by Gasteiger charge is -2.19. The first-order chi connectivity index (χ1) is 13.3. The van der Waals surface area contributed by atoms with Crippen molar-refractivity contribution in [3.05, 3.63) is 59.2 Å². The van der Waals surface area contributed by atoms with E-state index in [2.05, 4.69) is 24.5 Å². The molecule has 28 heavy (non-hydrogen) atoms. The Morgan fingerprint density at radius 1 is 1.00 bits per heavy atom. The summed E-state index contributed by atoms with van der Waals surface area (Å²) in [7, 11) is 0. The summed E-state index contributed by atoms with van der Waals surface area (Å²) in [5.74, 6) is 0.612. The number of carbonyl (C=O) groups excluding carboxylic acids is 2. The van der Waals surface area contributed by atoms with E-state index in [0.717, 1.165) is 16.9 Å². The molecule has 2 rings (SSSR count). The number of carbonyl (C=O) groups is 2. The molecule has 0 aromatic heterocycles. The number of hydrogen-bond donors (Lipinski definition) is 3. The van der Waals surface area contributed by atoms with Gasteiger partial charge in [0, 0.05) is 18.7 Å². The molecule has 0 heterocycles. The van der Waals surface area contributed by atoms with Gasteiger partial charge in [-0.05, 0) is 61.2 Å². The molecule has 0 saturated heterocycles. The normalized spacial score (nSPS) is 11.8. The predicted octanol–water partition coefficient (Wildman–Crippen LogP) is 3.14. The summed E-state index contributed by atoms with van der Waals surface area (Å²) in [6, 6.07) is 12.0. The van der Waals surface area contributed by atoms with Crippen molar-refractivity contribution in [1.29, 1.82) is 0 Å². The SMILES string of the molecule is Cc1ccc(C(C)C)c(OC(C)C(=O)NCCNC(=O)c2ccc(O)cc2)c1. The third kappa shape index (κ3) is 6.01. The highest BCUT2D eigenvalue weighted by atomic mass is 16.5. The van der Waals surface area contributed by atoms with Crippen molar-refractivity contribution in [3.63, 3.8) is 0 Å². The van der Waals surface area contributed by atoms with E-state index >= 15 is 0 Å². The minimum Gasteiger partial charge on any atom is -0.508 e. The molecule has 2 aromatic carbocycles. The summed E-state index contributed by atoms with van der Waals surface area (Å²) in [5, 5.41) is 14.7. The van der Waals surface area contributed by atoms with Crippen LogP contribution >= 0.6 is 0 Å². The molecule has 6 heteroatoms. The van der Waals surface area contributed by atoms with Crippen molar-refractivity contribution in [2.45, 2.75) is 39.7 Å². The Morgan fingerprint density at radius 3 is 2.29 bits per heavy atom. The van der Waals surface area contributed by atoms with Gasteiger partial charge in [0.25, 0.3) is 11.8 Å². The van der Waals surface area contributed by atoms with E-state index in [-0.39, 0.29) is 17.6 Å². The van der Waals surface area contributed by atoms with E-state index in [0.29, 0.717) is 24.6 Å². The Bertz CT molecular complexity index is 816. The maximum atomic E-state index is 12.3. The fourth-order valence-electron chi connectivity index (χ4n) is 2.68. The summed E-state index contributed by atoms with van der Waals surface area (Å²) in [5.41, 5.74) is 2.58. The van der Waals surface area contributed by atoms with Gasteiger partial charge in [0.05, 0.1) is 0 Å². The molecule has 1 atom stereocenters. The fourth-order valence-corrected chi connectivity index (χ4v) is 2.68. The van der Waals surface area contributed by atoms with Crippen molar-refractivity contribution in [1.82, 2.24) is 10.6 Å². The van der Waals surface area contributed by atoms with Crippen LogP contribution in [-0.2, 0) is 4.79 Å². The van der Waals surface area contributed by atoms with Gasteiger partial charge >= 0.3 is 0 Å². The van der Waals surface area contributed by atoms with Crippen LogP contribution in [0.4, 0.5) is 0 Å². The van der Waals surface area contributed by atoms with Gasteiger partial charge in [-0.25, -0.2) is 0 Å². The molecule has 0 fully saturated rings. The molecule has 0 bridgehead atoms. The van der Waals surface area contributed by atoms with E-state index < -0.39 is 6.10 Å². The molecule has 0 aliphatic carbocycles. The number of aryl methyl sites for hydroxylation is 1.